The highest BCUT2D eigenvalue weighted by Crippen LogP contribution is 2.48. The fourth-order valence-electron chi connectivity index (χ4n) is 1.62. The number of carbonyl (C=O) groups excluding carboxylic acids is 1. The van der Waals surface area contributed by atoms with E-state index in [0.717, 1.165) is 16.8 Å². The van der Waals surface area contributed by atoms with E-state index in [-0.39, 0.29) is 5.91 Å². The van der Waals surface area contributed by atoms with Gasteiger partial charge in [0.2, 0.25) is 0 Å². The average molecular weight is 228 g/mol. The van der Waals surface area contributed by atoms with Crippen LogP contribution in [0.25, 0.3) is 0 Å². The summed E-state index contributed by atoms with van der Waals surface area (Å²) in [6, 6.07) is 5.77. The fraction of sp³-hybridized carbons (Fsp3) is 0.300. The maximum Gasteiger partial charge on any atom is 0.260 e. The predicted octanol–water partition coefficient (Wildman–Crippen LogP) is 2.70. The first-order valence-corrected chi connectivity index (χ1v) is 5.85. The second-order valence-corrected chi connectivity index (χ2v) is 5.06. The highest BCUT2D eigenvalue weighted by atomic mass is 35.5. The van der Waals surface area contributed by atoms with Crippen molar-refractivity contribution in [1.29, 1.82) is 0 Å². The van der Waals surface area contributed by atoms with E-state index >= 15 is 0 Å². The van der Waals surface area contributed by atoms with Crippen LogP contribution in [0.4, 0.5) is 5.69 Å². The summed E-state index contributed by atoms with van der Waals surface area (Å²) < 4.78 is -0.943. The minimum Gasteiger partial charge on any atom is -0.323 e. The number of amides is 1. The van der Waals surface area contributed by atoms with Crippen molar-refractivity contribution in [3.8, 4) is 0 Å². The van der Waals surface area contributed by atoms with Gasteiger partial charge in [-0.3, -0.25) is 4.79 Å². The van der Waals surface area contributed by atoms with Crippen molar-refractivity contribution in [1.82, 2.24) is 0 Å². The summed E-state index contributed by atoms with van der Waals surface area (Å²) in [6.07, 6.45) is 1.84. The van der Waals surface area contributed by atoms with Gasteiger partial charge < -0.3 is 5.32 Å². The Morgan fingerprint density at radius 1 is 1.50 bits per heavy atom. The largest absolute Gasteiger partial charge is 0.323 e. The molecule has 0 radical (unpaired) electrons. The van der Waals surface area contributed by atoms with Crippen LogP contribution in [0.5, 0.6) is 0 Å². The molecule has 4 heteroatoms. The number of benzene rings is 1. The van der Waals surface area contributed by atoms with Crippen molar-refractivity contribution in [3.63, 3.8) is 0 Å². The zero-order valence-electron chi connectivity index (χ0n) is 7.93. The lowest BCUT2D eigenvalue weighted by Crippen LogP contribution is -2.23. The molecule has 2 rings (SSSR count). The SMILES string of the molecule is CSC1(Cl)C(=O)Nc2c(C)cccc21. The maximum absolute atomic E-state index is 11.7. The van der Waals surface area contributed by atoms with Crippen LogP contribution in [0, 0.1) is 6.92 Å². The Labute approximate surface area is 92.0 Å². The number of carbonyl (C=O) groups is 1. The van der Waals surface area contributed by atoms with E-state index in [0.29, 0.717) is 0 Å². The molecule has 1 amide bonds. The maximum atomic E-state index is 11.7. The van der Waals surface area contributed by atoms with Crippen molar-refractivity contribution in [2.24, 2.45) is 0 Å². The van der Waals surface area contributed by atoms with Crippen molar-refractivity contribution in [3.05, 3.63) is 29.3 Å². The number of alkyl halides is 1. The van der Waals surface area contributed by atoms with Crippen LogP contribution in [0.1, 0.15) is 11.1 Å². The first-order valence-electron chi connectivity index (χ1n) is 4.25. The Bertz CT molecular complexity index is 407. The third kappa shape index (κ3) is 1.16. The molecule has 0 aliphatic carbocycles. The molecule has 0 saturated heterocycles. The molecule has 1 aliphatic rings. The van der Waals surface area contributed by atoms with Gasteiger partial charge in [0.25, 0.3) is 5.91 Å². The Balaban J connectivity index is 2.64. The van der Waals surface area contributed by atoms with Gasteiger partial charge in [0.05, 0.1) is 5.69 Å². The first kappa shape index (κ1) is 9.87. The zero-order valence-corrected chi connectivity index (χ0v) is 9.50. The monoisotopic (exact) mass is 227 g/mol. The second kappa shape index (κ2) is 3.17. The number of thioether (sulfide) groups is 1. The van der Waals surface area contributed by atoms with E-state index in [1.807, 2.05) is 31.4 Å². The molecule has 0 spiro atoms. The van der Waals surface area contributed by atoms with E-state index in [1.165, 1.54) is 11.8 Å². The molecule has 1 atom stereocenters. The molecule has 1 N–H and O–H groups in total. The van der Waals surface area contributed by atoms with Gasteiger partial charge in [0, 0.05) is 5.56 Å². The van der Waals surface area contributed by atoms with Gasteiger partial charge in [-0.25, -0.2) is 0 Å². The molecule has 0 bridgehead atoms. The Morgan fingerprint density at radius 3 is 2.86 bits per heavy atom. The predicted molar refractivity (Wildman–Crippen MR) is 60.9 cm³/mol. The lowest BCUT2D eigenvalue weighted by molar-refractivity contribution is -0.116. The quantitative estimate of drug-likeness (QED) is 0.748. The number of nitrogens with one attached hydrogen (secondary N) is 1. The zero-order chi connectivity index (χ0) is 10.3. The van der Waals surface area contributed by atoms with Crippen LogP contribution < -0.4 is 5.32 Å². The summed E-state index contributed by atoms with van der Waals surface area (Å²) in [5.74, 6) is -0.143. The van der Waals surface area contributed by atoms with Crippen LogP contribution in [0.2, 0.25) is 0 Å². The molecular formula is C10H10ClNOS. The van der Waals surface area contributed by atoms with E-state index in [9.17, 15) is 4.79 Å². The van der Waals surface area contributed by atoms with Crippen molar-refractivity contribution in [2.45, 2.75) is 11.1 Å². The van der Waals surface area contributed by atoms with Crippen LogP contribution in [-0.2, 0) is 9.00 Å². The summed E-state index contributed by atoms with van der Waals surface area (Å²) in [6.45, 7) is 1.96. The van der Waals surface area contributed by atoms with Gasteiger partial charge in [-0.15, -0.1) is 11.8 Å². The van der Waals surface area contributed by atoms with E-state index in [1.54, 1.807) is 0 Å². The molecule has 74 valence electrons. The highest BCUT2D eigenvalue weighted by molar-refractivity contribution is 8.01. The summed E-state index contributed by atoms with van der Waals surface area (Å²) in [7, 11) is 0. The van der Waals surface area contributed by atoms with Gasteiger partial charge in [0.1, 0.15) is 0 Å². The number of para-hydroxylation sites is 1. The molecular weight excluding hydrogens is 218 g/mol. The minimum absolute atomic E-state index is 0.143. The van der Waals surface area contributed by atoms with Crippen LogP contribution in [0.3, 0.4) is 0 Å². The van der Waals surface area contributed by atoms with Gasteiger partial charge in [-0.1, -0.05) is 29.8 Å². The molecule has 1 aromatic carbocycles. The molecule has 0 fully saturated rings. The van der Waals surface area contributed by atoms with Crippen molar-refractivity contribution >= 4 is 35.0 Å². The Morgan fingerprint density at radius 2 is 2.21 bits per heavy atom. The van der Waals surface area contributed by atoms with Gasteiger partial charge in [-0.05, 0) is 18.7 Å². The van der Waals surface area contributed by atoms with Gasteiger partial charge in [-0.2, -0.15) is 0 Å². The van der Waals surface area contributed by atoms with Crippen molar-refractivity contribution < 1.29 is 4.79 Å². The normalized spacial score (nSPS) is 24.6. The number of anilines is 1. The fourth-order valence-corrected chi connectivity index (χ4v) is 2.45. The summed E-state index contributed by atoms with van der Waals surface area (Å²) >= 11 is 7.61. The third-order valence-corrected chi connectivity index (χ3v) is 4.24. The smallest absolute Gasteiger partial charge is 0.260 e. The average Bonchev–Trinajstić information content (AvgIpc) is 2.43. The number of aryl methyl sites for hydroxylation is 1. The van der Waals surface area contributed by atoms with Crippen molar-refractivity contribution in [2.75, 3.05) is 11.6 Å². The number of hydrogen-bond acceptors (Lipinski definition) is 2. The molecule has 0 saturated carbocycles. The van der Waals surface area contributed by atoms with Gasteiger partial charge in [0.15, 0.2) is 4.21 Å². The van der Waals surface area contributed by atoms with E-state index in [4.69, 9.17) is 11.6 Å². The van der Waals surface area contributed by atoms with Crippen LogP contribution >= 0.6 is 23.4 Å². The van der Waals surface area contributed by atoms with Crippen LogP contribution in [-0.4, -0.2) is 12.2 Å². The first-order chi connectivity index (χ1) is 6.59. The molecule has 1 heterocycles. The topological polar surface area (TPSA) is 29.1 Å². The van der Waals surface area contributed by atoms with Crippen LogP contribution in [0.15, 0.2) is 18.2 Å². The number of fused-ring (bicyclic) bond motifs is 1. The summed E-state index contributed by atoms with van der Waals surface area (Å²) in [4.78, 5) is 11.7. The molecule has 1 aromatic rings. The Hall–Kier alpha value is -0.670. The number of hydrogen-bond donors (Lipinski definition) is 1. The lowest BCUT2D eigenvalue weighted by atomic mass is 10.1. The molecule has 1 unspecified atom stereocenters. The molecule has 0 aromatic heterocycles. The number of halogens is 1. The summed E-state index contributed by atoms with van der Waals surface area (Å²) in [5.41, 5.74) is 2.78. The lowest BCUT2D eigenvalue weighted by Gasteiger charge is -2.15. The number of rotatable bonds is 1. The summed E-state index contributed by atoms with van der Waals surface area (Å²) in [5, 5.41) is 2.82. The van der Waals surface area contributed by atoms with E-state index in [2.05, 4.69) is 5.32 Å². The standard InChI is InChI=1S/C10H10ClNOS/c1-6-4-3-5-7-8(6)12-9(13)10(7,11)14-2/h3-5H,1-2H3,(H,12,13). The van der Waals surface area contributed by atoms with Gasteiger partial charge >= 0.3 is 0 Å². The molecule has 2 nitrogen and oxygen atoms in total. The highest BCUT2D eigenvalue weighted by Gasteiger charge is 2.45. The minimum atomic E-state index is -0.943. The molecule has 14 heavy (non-hydrogen) atoms. The second-order valence-electron chi connectivity index (χ2n) is 3.25. The Kier molecular flexibility index (Phi) is 2.24. The molecule has 1 aliphatic heterocycles. The van der Waals surface area contributed by atoms with E-state index < -0.39 is 4.21 Å². The third-order valence-electron chi connectivity index (χ3n) is 2.43.